The van der Waals surface area contributed by atoms with Crippen LogP contribution in [0.1, 0.15) is 15.9 Å². The fourth-order valence-electron chi connectivity index (χ4n) is 2.67. The minimum absolute atomic E-state index is 0.120. The summed E-state index contributed by atoms with van der Waals surface area (Å²) in [6, 6.07) is 10.2. The van der Waals surface area contributed by atoms with E-state index < -0.39 is 42.0 Å². The van der Waals surface area contributed by atoms with Crippen LogP contribution in [0.5, 0.6) is 0 Å². The third-order valence-electron chi connectivity index (χ3n) is 4.12. The van der Waals surface area contributed by atoms with Crippen molar-refractivity contribution < 1.29 is 31.9 Å². The number of halogens is 4. The number of urea groups is 1. The highest BCUT2D eigenvalue weighted by molar-refractivity contribution is 6.10. The topological polar surface area (TPSA) is 78.5 Å². The molecule has 0 bridgehead atoms. The van der Waals surface area contributed by atoms with Crippen LogP contribution >= 0.6 is 0 Å². The lowest BCUT2D eigenvalue weighted by molar-refractivity contribution is -0.200. The highest BCUT2D eigenvalue weighted by Crippen LogP contribution is 2.34. The summed E-state index contributed by atoms with van der Waals surface area (Å²) < 4.78 is 54.2. The van der Waals surface area contributed by atoms with Crippen LogP contribution in [0.3, 0.4) is 0 Å². The number of amides is 4. The molecular formula is C18H13F4N3O3. The van der Waals surface area contributed by atoms with Crippen LogP contribution in [0, 0.1) is 5.82 Å². The normalized spacial score (nSPS) is 19.5. The number of hydrogen-bond donors (Lipinski definition) is 2. The second-order valence-corrected chi connectivity index (χ2v) is 6.02. The molecule has 1 atom stereocenters. The van der Waals surface area contributed by atoms with Crippen molar-refractivity contribution in [2.24, 2.45) is 0 Å². The van der Waals surface area contributed by atoms with Gasteiger partial charge in [0.05, 0.1) is 6.54 Å². The molecule has 2 aromatic rings. The Kier molecular flexibility index (Phi) is 4.80. The predicted molar refractivity (Wildman–Crippen MR) is 88.2 cm³/mol. The van der Waals surface area contributed by atoms with Gasteiger partial charge in [0.25, 0.3) is 17.5 Å². The Morgan fingerprint density at radius 2 is 1.64 bits per heavy atom. The molecule has 1 fully saturated rings. The van der Waals surface area contributed by atoms with Gasteiger partial charge in [0.2, 0.25) is 0 Å². The number of alkyl halides is 3. The molecule has 1 aliphatic rings. The van der Waals surface area contributed by atoms with Gasteiger partial charge in [0.1, 0.15) is 5.82 Å². The van der Waals surface area contributed by atoms with Gasteiger partial charge in [-0.25, -0.2) is 9.18 Å². The van der Waals surface area contributed by atoms with Crippen molar-refractivity contribution in [3.05, 3.63) is 71.5 Å². The molecule has 10 heteroatoms. The van der Waals surface area contributed by atoms with Crippen LogP contribution in [0.25, 0.3) is 0 Å². The average Bonchev–Trinajstić information content (AvgIpc) is 2.89. The number of nitrogens with one attached hydrogen (secondary N) is 2. The number of imide groups is 1. The van der Waals surface area contributed by atoms with E-state index in [1.54, 1.807) is 16.7 Å². The molecule has 0 spiro atoms. The van der Waals surface area contributed by atoms with E-state index in [9.17, 15) is 31.9 Å². The van der Waals surface area contributed by atoms with Crippen LogP contribution in [0.2, 0.25) is 0 Å². The maximum atomic E-state index is 13.8. The van der Waals surface area contributed by atoms with E-state index in [-0.39, 0.29) is 11.1 Å². The molecule has 2 aromatic carbocycles. The second-order valence-electron chi connectivity index (χ2n) is 6.02. The van der Waals surface area contributed by atoms with E-state index in [2.05, 4.69) is 0 Å². The lowest BCUT2D eigenvalue weighted by Crippen LogP contribution is -2.69. The Balaban J connectivity index is 1.91. The van der Waals surface area contributed by atoms with Crippen molar-refractivity contribution in [3.8, 4) is 0 Å². The smallest absolute Gasteiger partial charge is 0.314 e. The summed E-state index contributed by atoms with van der Waals surface area (Å²) in [7, 11) is 0. The summed E-state index contributed by atoms with van der Waals surface area (Å²) in [4.78, 5) is 37.2. The van der Waals surface area contributed by atoms with Crippen molar-refractivity contribution in [1.82, 2.24) is 15.5 Å². The van der Waals surface area contributed by atoms with E-state index in [0.29, 0.717) is 4.90 Å². The minimum Gasteiger partial charge on any atom is -0.314 e. The number of carbonyl (C=O) groups is 3. The van der Waals surface area contributed by atoms with Gasteiger partial charge in [0.15, 0.2) is 0 Å². The molecule has 2 N–H and O–H groups in total. The van der Waals surface area contributed by atoms with E-state index in [4.69, 9.17) is 0 Å². The van der Waals surface area contributed by atoms with Gasteiger partial charge < -0.3 is 5.32 Å². The van der Waals surface area contributed by atoms with Crippen molar-refractivity contribution in [1.29, 1.82) is 0 Å². The SMILES string of the molecule is O=C(NC1(C(F)(F)F)NC(=O)N(Cc2ccc(F)cc2)C1=O)c1ccccc1. The molecule has 28 heavy (non-hydrogen) atoms. The fourth-order valence-corrected chi connectivity index (χ4v) is 2.67. The van der Waals surface area contributed by atoms with E-state index in [0.717, 1.165) is 12.1 Å². The molecule has 1 heterocycles. The van der Waals surface area contributed by atoms with Crippen molar-refractivity contribution in [2.75, 3.05) is 0 Å². The number of benzene rings is 2. The highest BCUT2D eigenvalue weighted by atomic mass is 19.4. The molecule has 0 saturated carbocycles. The Bertz CT molecular complexity index is 916. The van der Waals surface area contributed by atoms with E-state index >= 15 is 0 Å². The maximum Gasteiger partial charge on any atom is 0.440 e. The second kappa shape index (κ2) is 6.95. The monoisotopic (exact) mass is 395 g/mol. The van der Waals surface area contributed by atoms with Gasteiger partial charge in [-0.2, -0.15) is 13.2 Å². The Morgan fingerprint density at radius 1 is 1.04 bits per heavy atom. The Labute approximate surface area is 156 Å². The molecule has 0 aliphatic carbocycles. The summed E-state index contributed by atoms with van der Waals surface area (Å²) in [5, 5.41) is 3.15. The largest absolute Gasteiger partial charge is 0.440 e. The van der Waals surface area contributed by atoms with Gasteiger partial charge in [0, 0.05) is 5.56 Å². The quantitative estimate of drug-likeness (QED) is 0.617. The van der Waals surface area contributed by atoms with Crippen molar-refractivity contribution >= 4 is 17.8 Å². The van der Waals surface area contributed by atoms with Crippen LogP contribution in [0.15, 0.2) is 54.6 Å². The van der Waals surface area contributed by atoms with Crippen molar-refractivity contribution in [3.63, 3.8) is 0 Å². The zero-order chi connectivity index (χ0) is 20.5. The fraction of sp³-hybridized carbons (Fsp3) is 0.167. The molecule has 1 unspecified atom stereocenters. The lowest BCUT2D eigenvalue weighted by atomic mass is 10.1. The van der Waals surface area contributed by atoms with Gasteiger partial charge in [-0.1, -0.05) is 30.3 Å². The summed E-state index contributed by atoms with van der Waals surface area (Å²) in [6.07, 6.45) is -5.30. The summed E-state index contributed by atoms with van der Waals surface area (Å²) in [5.41, 5.74) is -3.49. The maximum absolute atomic E-state index is 13.8. The number of nitrogens with zero attached hydrogens (tertiary/aromatic N) is 1. The first-order valence-electron chi connectivity index (χ1n) is 7.97. The first-order chi connectivity index (χ1) is 13.1. The summed E-state index contributed by atoms with van der Waals surface area (Å²) in [6.45, 7) is -0.524. The molecular weight excluding hydrogens is 382 g/mol. The number of hydrogen-bond acceptors (Lipinski definition) is 3. The first-order valence-corrected chi connectivity index (χ1v) is 7.97. The van der Waals surface area contributed by atoms with Crippen LogP contribution < -0.4 is 10.6 Å². The van der Waals surface area contributed by atoms with Gasteiger partial charge in [-0.05, 0) is 29.8 Å². The molecule has 6 nitrogen and oxygen atoms in total. The molecule has 146 valence electrons. The minimum atomic E-state index is -5.30. The number of carbonyl (C=O) groups excluding carboxylic acids is 3. The van der Waals surface area contributed by atoms with Crippen LogP contribution in [0.4, 0.5) is 22.4 Å². The Morgan fingerprint density at radius 3 is 2.21 bits per heavy atom. The molecule has 0 radical (unpaired) electrons. The highest BCUT2D eigenvalue weighted by Gasteiger charge is 2.68. The molecule has 1 saturated heterocycles. The third kappa shape index (κ3) is 3.40. The molecule has 4 amide bonds. The molecule has 1 aliphatic heterocycles. The first kappa shape index (κ1) is 19.3. The van der Waals surface area contributed by atoms with Gasteiger partial charge in [-0.15, -0.1) is 0 Å². The van der Waals surface area contributed by atoms with Crippen LogP contribution in [-0.2, 0) is 11.3 Å². The van der Waals surface area contributed by atoms with Gasteiger partial charge >= 0.3 is 12.2 Å². The average molecular weight is 395 g/mol. The number of rotatable bonds is 4. The zero-order valence-corrected chi connectivity index (χ0v) is 14.1. The molecule has 0 aromatic heterocycles. The van der Waals surface area contributed by atoms with Crippen LogP contribution in [-0.4, -0.2) is 34.6 Å². The van der Waals surface area contributed by atoms with E-state index in [1.807, 2.05) is 0 Å². The van der Waals surface area contributed by atoms with Crippen molar-refractivity contribution in [2.45, 2.75) is 18.4 Å². The Hall–Kier alpha value is -3.43. The zero-order valence-electron chi connectivity index (χ0n) is 14.1. The summed E-state index contributed by atoms with van der Waals surface area (Å²) in [5.74, 6) is -3.45. The third-order valence-corrected chi connectivity index (χ3v) is 4.12. The van der Waals surface area contributed by atoms with E-state index in [1.165, 1.54) is 36.4 Å². The standard InChI is InChI=1S/C18H13F4N3O3/c19-13-8-6-11(7-9-13)10-25-15(27)17(18(20,21)22,24-16(25)28)23-14(26)12-4-2-1-3-5-12/h1-9H,10H2,(H,23,26)(H,24,28). The summed E-state index contributed by atoms with van der Waals surface area (Å²) >= 11 is 0. The predicted octanol–water partition coefficient (Wildman–Crippen LogP) is 2.57. The molecule has 3 rings (SSSR count). The lowest BCUT2D eigenvalue weighted by Gasteiger charge is -2.29. The van der Waals surface area contributed by atoms with Gasteiger partial charge in [-0.3, -0.25) is 19.8 Å².